The van der Waals surface area contributed by atoms with E-state index in [-0.39, 0.29) is 24.0 Å². The lowest BCUT2D eigenvalue weighted by atomic mass is 10.1. The van der Waals surface area contributed by atoms with Gasteiger partial charge in [-0.2, -0.15) is 18.3 Å². The van der Waals surface area contributed by atoms with Gasteiger partial charge in [-0.05, 0) is 37.3 Å². The van der Waals surface area contributed by atoms with E-state index in [1.54, 1.807) is 29.3 Å². The number of benzene rings is 1. The summed E-state index contributed by atoms with van der Waals surface area (Å²) in [7, 11) is 0. The monoisotopic (exact) mass is 456 g/mol. The summed E-state index contributed by atoms with van der Waals surface area (Å²) in [5, 5.41) is 7.81. The van der Waals surface area contributed by atoms with Gasteiger partial charge in [0.05, 0.1) is 29.1 Å². The molecular formula is C22H19F3N6O2. The summed E-state index contributed by atoms with van der Waals surface area (Å²) >= 11 is 0. The van der Waals surface area contributed by atoms with Crippen molar-refractivity contribution in [3.8, 4) is 0 Å². The van der Waals surface area contributed by atoms with Crippen LogP contribution in [0.3, 0.4) is 0 Å². The van der Waals surface area contributed by atoms with Gasteiger partial charge in [-0.1, -0.05) is 5.16 Å². The Balaban J connectivity index is 1.69. The second kappa shape index (κ2) is 8.85. The maximum atomic E-state index is 13.4. The molecule has 0 unspecified atom stereocenters. The van der Waals surface area contributed by atoms with E-state index in [1.165, 1.54) is 23.2 Å². The van der Waals surface area contributed by atoms with Gasteiger partial charge in [0, 0.05) is 44.0 Å². The van der Waals surface area contributed by atoms with E-state index in [0.717, 1.165) is 12.1 Å². The van der Waals surface area contributed by atoms with Gasteiger partial charge >= 0.3 is 6.18 Å². The summed E-state index contributed by atoms with van der Waals surface area (Å²) in [6.45, 7) is 5.45. The lowest BCUT2D eigenvalue weighted by molar-refractivity contribution is -0.137. The Kier molecular flexibility index (Phi) is 5.95. The second-order valence-corrected chi connectivity index (χ2v) is 7.35. The fourth-order valence-electron chi connectivity index (χ4n) is 3.59. The number of anilines is 1. The normalized spacial score (nSPS) is 16.5. The molecule has 0 fully saturated rings. The molecule has 0 spiro atoms. The van der Waals surface area contributed by atoms with Crippen LogP contribution in [0.4, 0.5) is 18.9 Å². The van der Waals surface area contributed by atoms with Crippen molar-refractivity contribution >= 4 is 24.1 Å². The van der Waals surface area contributed by atoms with E-state index in [1.807, 2.05) is 6.92 Å². The van der Waals surface area contributed by atoms with Crippen LogP contribution in [0.2, 0.25) is 0 Å². The van der Waals surface area contributed by atoms with Crippen molar-refractivity contribution in [2.45, 2.75) is 25.6 Å². The van der Waals surface area contributed by atoms with Crippen molar-refractivity contribution in [1.29, 1.82) is 0 Å². The Morgan fingerprint density at radius 1 is 1.27 bits per heavy atom. The molecule has 3 heterocycles. The van der Waals surface area contributed by atoms with Crippen LogP contribution in [0.5, 0.6) is 0 Å². The summed E-state index contributed by atoms with van der Waals surface area (Å²) in [5.74, 6) is -0.162. The average Bonchev–Trinajstić information content (AvgIpc) is 3.25. The summed E-state index contributed by atoms with van der Waals surface area (Å²) in [6, 6.07) is 4.25. The third kappa shape index (κ3) is 4.47. The highest BCUT2D eigenvalue weighted by Crippen LogP contribution is 2.34. The van der Waals surface area contributed by atoms with Gasteiger partial charge in [-0.15, -0.1) is 0 Å². The topological polar surface area (TPSA) is 85.5 Å². The van der Waals surface area contributed by atoms with Crippen molar-refractivity contribution in [1.82, 2.24) is 19.7 Å². The predicted octanol–water partition coefficient (Wildman–Crippen LogP) is 4.13. The number of alkyl halides is 3. The molecular weight excluding hydrogens is 437 g/mol. The molecule has 11 heteroatoms. The second-order valence-electron chi connectivity index (χ2n) is 7.35. The Hall–Kier alpha value is -4.02. The highest BCUT2D eigenvalue weighted by molar-refractivity contribution is 6.08. The standard InChI is InChI=1S/C22H19F3N6O2/c1-14-13-30(17-6-3-15(4-7-17)22(23,24)25)21(32)20-18(12-29-31(14)20)19(33-26-2)8-5-16-11-27-9-10-28-16/h3-4,6-12,14H,2,5,13H2,1H3/b19-8-/t14-/m0/s1. The van der Waals surface area contributed by atoms with Gasteiger partial charge in [0.2, 0.25) is 0 Å². The van der Waals surface area contributed by atoms with Crippen LogP contribution in [0.1, 0.15) is 40.3 Å². The molecule has 170 valence electrons. The number of halogens is 3. The number of carbonyl (C=O) groups is 1. The van der Waals surface area contributed by atoms with Crippen LogP contribution < -0.4 is 4.90 Å². The van der Waals surface area contributed by atoms with E-state index in [4.69, 9.17) is 4.84 Å². The van der Waals surface area contributed by atoms with Crippen LogP contribution >= 0.6 is 0 Å². The van der Waals surface area contributed by atoms with Crippen molar-refractivity contribution in [3.05, 3.63) is 77.6 Å². The number of allylic oxidation sites excluding steroid dienone is 1. The molecule has 0 saturated carbocycles. The number of amides is 1. The molecule has 33 heavy (non-hydrogen) atoms. The molecule has 1 aliphatic rings. The number of rotatable bonds is 6. The van der Waals surface area contributed by atoms with E-state index >= 15 is 0 Å². The fourth-order valence-corrected chi connectivity index (χ4v) is 3.59. The smallest absolute Gasteiger partial charge is 0.357 e. The molecule has 0 N–H and O–H groups in total. The highest BCUT2D eigenvalue weighted by Gasteiger charge is 2.35. The lowest BCUT2D eigenvalue weighted by Gasteiger charge is -2.32. The average molecular weight is 456 g/mol. The number of carbonyl (C=O) groups excluding carboxylic acids is 1. The van der Waals surface area contributed by atoms with Gasteiger partial charge in [-0.25, -0.2) is 0 Å². The Bertz CT molecular complexity index is 1190. The largest absolute Gasteiger partial charge is 0.416 e. The number of hydrogen-bond donors (Lipinski definition) is 0. The Morgan fingerprint density at radius 3 is 2.67 bits per heavy atom. The Morgan fingerprint density at radius 2 is 2.03 bits per heavy atom. The zero-order valence-electron chi connectivity index (χ0n) is 17.5. The van der Waals surface area contributed by atoms with Crippen molar-refractivity contribution in [2.75, 3.05) is 11.4 Å². The molecule has 0 bridgehead atoms. The summed E-state index contributed by atoms with van der Waals surface area (Å²) in [4.78, 5) is 28.4. The molecule has 1 aromatic carbocycles. The summed E-state index contributed by atoms with van der Waals surface area (Å²) in [6.07, 6.45) is 3.79. The number of hydrogen-bond acceptors (Lipinski definition) is 6. The molecule has 1 amide bonds. The van der Waals surface area contributed by atoms with Crippen molar-refractivity contribution in [3.63, 3.8) is 0 Å². The maximum Gasteiger partial charge on any atom is 0.416 e. The lowest BCUT2D eigenvalue weighted by Crippen LogP contribution is -2.43. The molecule has 1 atom stereocenters. The maximum absolute atomic E-state index is 13.4. The van der Waals surface area contributed by atoms with Crippen molar-refractivity contribution < 1.29 is 22.8 Å². The number of nitrogens with zero attached hydrogens (tertiary/aromatic N) is 6. The van der Waals surface area contributed by atoms with E-state index in [0.29, 0.717) is 23.4 Å². The molecule has 0 aliphatic carbocycles. The third-order valence-corrected chi connectivity index (χ3v) is 5.16. The number of fused-ring (bicyclic) bond motifs is 1. The van der Waals surface area contributed by atoms with Crippen LogP contribution in [0.15, 0.2) is 60.3 Å². The third-order valence-electron chi connectivity index (χ3n) is 5.16. The van der Waals surface area contributed by atoms with Crippen molar-refractivity contribution in [2.24, 2.45) is 5.16 Å². The molecule has 8 nitrogen and oxygen atoms in total. The minimum atomic E-state index is -4.46. The molecule has 0 saturated heterocycles. The number of aromatic nitrogens is 4. The van der Waals surface area contributed by atoms with Crippen LogP contribution in [0, 0.1) is 0 Å². The van der Waals surface area contributed by atoms with Gasteiger partial charge in [0.15, 0.2) is 5.76 Å². The van der Waals surface area contributed by atoms with E-state index < -0.39 is 17.6 Å². The first-order valence-electron chi connectivity index (χ1n) is 9.94. The van der Waals surface area contributed by atoms with Crippen LogP contribution in [-0.2, 0) is 17.4 Å². The minimum absolute atomic E-state index is 0.230. The molecule has 3 aromatic rings. The quantitative estimate of drug-likeness (QED) is 0.316. The predicted molar refractivity (Wildman–Crippen MR) is 114 cm³/mol. The van der Waals surface area contributed by atoms with E-state index in [9.17, 15) is 18.0 Å². The molecule has 2 aromatic heterocycles. The Labute approximate surface area is 187 Å². The summed E-state index contributed by atoms with van der Waals surface area (Å²) in [5.41, 5.74) is 0.873. The fraction of sp³-hybridized carbons (Fsp3) is 0.227. The van der Waals surface area contributed by atoms with E-state index in [2.05, 4.69) is 26.9 Å². The molecule has 1 aliphatic heterocycles. The van der Waals surface area contributed by atoms with Gasteiger partial charge in [0.25, 0.3) is 5.91 Å². The SMILES string of the molecule is C=NO/C(=C\Cc1cnccn1)c1cnn2c1C(=O)N(c1ccc(C(F)(F)F)cc1)C[C@@H]2C. The van der Waals surface area contributed by atoms with Crippen LogP contribution in [-0.4, -0.2) is 38.9 Å². The zero-order valence-corrected chi connectivity index (χ0v) is 17.5. The van der Waals surface area contributed by atoms with Gasteiger partial charge in [-0.3, -0.25) is 19.4 Å². The first-order valence-corrected chi connectivity index (χ1v) is 9.94. The minimum Gasteiger partial charge on any atom is -0.357 e. The molecule has 4 rings (SSSR count). The zero-order chi connectivity index (χ0) is 23.6. The number of oxime groups is 1. The van der Waals surface area contributed by atoms with Gasteiger partial charge < -0.3 is 9.74 Å². The van der Waals surface area contributed by atoms with Crippen LogP contribution in [0.25, 0.3) is 5.76 Å². The highest BCUT2D eigenvalue weighted by atomic mass is 19.4. The molecule has 0 radical (unpaired) electrons. The first-order chi connectivity index (χ1) is 15.8. The first kappa shape index (κ1) is 22.2. The van der Waals surface area contributed by atoms with Gasteiger partial charge in [0.1, 0.15) is 5.69 Å². The summed E-state index contributed by atoms with van der Waals surface area (Å²) < 4.78 is 40.4.